The lowest BCUT2D eigenvalue weighted by Gasteiger charge is -2.20. The van der Waals surface area contributed by atoms with Crippen molar-refractivity contribution in [3.8, 4) is 17.2 Å². The third kappa shape index (κ3) is 7.14. The normalized spacial score (nSPS) is 29.0. The second-order valence-corrected chi connectivity index (χ2v) is 14.0. The first kappa shape index (κ1) is 28.7. The first-order valence-corrected chi connectivity index (χ1v) is 16.6. The molecule has 6 atom stereocenters. The van der Waals surface area contributed by atoms with E-state index in [1.54, 1.807) is 0 Å². The monoisotopic (exact) mass is 609 g/mol. The Morgan fingerprint density at radius 1 is 0.683 bits per heavy atom. The standard InChI is InChI=1S/C22H24N2.C15H20BrN/c1-16-3-2-12-24(16)15-21-13-22(21)20-10-8-19(9-11-20)18-6-4-17(14-23)5-7-18;1-11-3-2-8-17(11)10-13-9-15(13)12-4-6-14(16)7-5-12/h4-11,16,21-22H,2-3,12-13,15H2,1H3;4-7,11,13,15H,2-3,8-10H2,1H3/t16-,21-,22-;11-,13+,15+/m10/s1. The summed E-state index contributed by atoms with van der Waals surface area (Å²) in [6.45, 7) is 9.97. The van der Waals surface area contributed by atoms with E-state index in [1.165, 1.54) is 91.4 Å². The van der Waals surface area contributed by atoms with Crippen LogP contribution in [0.2, 0.25) is 0 Å². The molecule has 0 amide bonds. The molecule has 0 aromatic heterocycles. The zero-order chi connectivity index (χ0) is 28.3. The second-order valence-electron chi connectivity index (χ2n) is 13.0. The molecule has 4 fully saturated rings. The van der Waals surface area contributed by atoms with Gasteiger partial charge in [0.25, 0.3) is 0 Å². The molecule has 41 heavy (non-hydrogen) atoms. The average molecular weight is 611 g/mol. The van der Waals surface area contributed by atoms with E-state index in [0.29, 0.717) is 5.56 Å². The molecule has 0 unspecified atom stereocenters. The lowest BCUT2D eigenvalue weighted by Crippen LogP contribution is -2.29. The molecule has 0 radical (unpaired) electrons. The van der Waals surface area contributed by atoms with Crippen LogP contribution < -0.4 is 0 Å². The van der Waals surface area contributed by atoms with Crippen molar-refractivity contribution in [3.63, 3.8) is 0 Å². The highest BCUT2D eigenvalue weighted by Gasteiger charge is 2.41. The van der Waals surface area contributed by atoms with Crippen molar-refractivity contribution in [1.82, 2.24) is 9.80 Å². The van der Waals surface area contributed by atoms with Gasteiger partial charge in [-0.15, -0.1) is 0 Å². The fourth-order valence-corrected chi connectivity index (χ4v) is 7.48. The van der Waals surface area contributed by atoms with Crippen LogP contribution in [0.5, 0.6) is 0 Å². The fraction of sp³-hybridized carbons (Fsp3) is 0.486. The molecule has 0 N–H and O–H groups in total. The number of rotatable bonds is 7. The zero-order valence-electron chi connectivity index (χ0n) is 24.7. The second kappa shape index (κ2) is 12.8. The Bertz CT molecular complexity index is 1330. The van der Waals surface area contributed by atoms with E-state index in [9.17, 15) is 0 Å². The molecule has 2 saturated heterocycles. The molecule has 0 bridgehead atoms. The summed E-state index contributed by atoms with van der Waals surface area (Å²) in [7, 11) is 0. The van der Waals surface area contributed by atoms with Gasteiger partial charge in [0.2, 0.25) is 0 Å². The number of likely N-dealkylation sites (tertiary alicyclic amines) is 2. The van der Waals surface area contributed by atoms with Crippen LogP contribution in [0.3, 0.4) is 0 Å². The third-order valence-corrected chi connectivity index (χ3v) is 10.7. The topological polar surface area (TPSA) is 30.3 Å². The Morgan fingerprint density at radius 2 is 1.12 bits per heavy atom. The molecular weight excluding hydrogens is 566 g/mol. The van der Waals surface area contributed by atoms with Crippen LogP contribution in [0.1, 0.15) is 80.9 Å². The van der Waals surface area contributed by atoms with Gasteiger partial charge in [0.15, 0.2) is 0 Å². The number of benzene rings is 3. The van der Waals surface area contributed by atoms with E-state index in [-0.39, 0.29) is 0 Å². The maximum Gasteiger partial charge on any atom is 0.0991 e. The third-order valence-electron chi connectivity index (χ3n) is 10.1. The van der Waals surface area contributed by atoms with Gasteiger partial charge >= 0.3 is 0 Å². The summed E-state index contributed by atoms with van der Waals surface area (Å²) in [6, 6.07) is 29.6. The van der Waals surface area contributed by atoms with Gasteiger partial charge in [0, 0.05) is 29.6 Å². The van der Waals surface area contributed by atoms with Crippen molar-refractivity contribution in [2.24, 2.45) is 11.8 Å². The van der Waals surface area contributed by atoms with Gasteiger partial charge in [-0.1, -0.05) is 64.5 Å². The lowest BCUT2D eigenvalue weighted by molar-refractivity contribution is 0.256. The largest absolute Gasteiger partial charge is 0.300 e. The molecule has 3 aromatic rings. The van der Waals surface area contributed by atoms with Gasteiger partial charge in [-0.3, -0.25) is 0 Å². The van der Waals surface area contributed by atoms with Gasteiger partial charge in [-0.2, -0.15) is 5.26 Å². The number of nitrogens with zero attached hydrogens (tertiary/aromatic N) is 3. The van der Waals surface area contributed by atoms with Crippen molar-refractivity contribution in [2.45, 2.75) is 76.3 Å². The van der Waals surface area contributed by atoms with Crippen molar-refractivity contribution in [1.29, 1.82) is 5.26 Å². The molecule has 2 aliphatic heterocycles. The molecule has 4 aliphatic rings. The van der Waals surface area contributed by atoms with Crippen LogP contribution in [0, 0.1) is 23.2 Å². The maximum absolute atomic E-state index is 8.89. The Hall–Kier alpha value is -2.45. The number of hydrogen-bond donors (Lipinski definition) is 0. The molecule has 3 aromatic carbocycles. The van der Waals surface area contributed by atoms with E-state index in [2.05, 4.69) is 94.2 Å². The Kier molecular flexibility index (Phi) is 8.96. The highest BCUT2D eigenvalue weighted by molar-refractivity contribution is 9.10. The Labute approximate surface area is 255 Å². The van der Waals surface area contributed by atoms with E-state index in [4.69, 9.17) is 5.26 Å². The number of nitriles is 1. The molecule has 3 nitrogen and oxygen atoms in total. The Morgan fingerprint density at radius 3 is 1.54 bits per heavy atom. The van der Waals surface area contributed by atoms with Crippen LogP contribution in [0.4, 0.5) is 0 Å². The summed E-state index contributed by atoms with van der Waals surface area (Å²) in [5, 5.41) is 8.89. The minimum Gasteiger partial charge on any atom is -0.300 e. The molecule has 214 valence electrons. The van der Waals surface area contributed by atoms with Crippen LogP contribution in [-0.4, -0.2) is 48.1 Å². The fourth-order valence-electron chi connectivity index (χ4n) is 7.22. The van der Waals surface area contributed by atoms with Crippen LogP contribution in [0.25, 0.3) is 11.1 Å². The van der Waals surface area contributed by atoms with E-state index in [1.807, 2.05) is 24.3 Å². The molecule has 0 spiro atoms. The highest BCUT2D eigenvalue weighted by Crippen LogP contribution is 2.49. The first-order valence-electron chi connectivity index (χ1n) is 15.8. The Balaban J connectivity index is 0.000000156. The minimum absolute atomic E-state index is 0.715. The summed E-state index contributed by atoms with van der Waals surface area (Å²) < 4.78 is 1.19. The molecule has 4 heteroatoms. The summed E-state index contributed by atoms with van der Waals surface area (Å²) >= 11 is 3.50. The molecule has 2 saturated carbocycles. The van der Waals surface area contributed by atoms with Crippen molar-refractivity contribution >= 4 is 15.9 Å². The number of halogens is 1. The van der Waals surface area contributed by atoms with Crippen molar-refractivity contribution in [3.05, 3.63) is 94.0 Å². The average Bonchev–Trinajstić information content (AvgIpc) is 3.87. The van der Waals surface area contributed by atoms with Gasteiger partial charge in [-0.25, -0.2) is 0 Å². The molecule has 2 aliphatic carbocycles. The van der Waals surface area contributed by atoms with Crippen molar-refractivity contribution in [2.75, 3.05) is 26.2 Å². The number of hydrogen-bond acceptors (Lipinski definition) is 3. The van der Waals surface area contributed by atoms with Gasteiger partial charge < -0.3 is 9.80 Å². The quantitative estimate of drug-likeness (QED) is 0.268. The van der Waals surface area contributed by atoms with E-state index < -0.39 is 0 Å². The SMILES string of the molecule is C[C@@H]1CCCN1C[C@H]1C[C@@H]1c1ccc(-c2ccc(C#N)cc2)cc1.C[C@H]1CCCN1C[C@H]1C[C@@H]1c1ccc(Br)cc1. The first-order chi connectivity index (χ1) is 20.0. The van der Waals surface area contributed by atoms with E-state index >= 15 is 0 Å². The predicted octanol–water partition coefficient (Wildman–Crippen LogP) is 8.85. The zero-order valence-corrected chi connectivity index (χ0v) is 26.3. The molecular formula is C37H44BrN3. The smallest absolute Gasteiger partial charge is 0.0991 e. The highest BCUT2D eigenvalue weighted by atomic mass is 79.9. The van der Waals surface area contributed by atoms with E-state index in [0.717, 1.165) is 35.8 Å². The molecule has 7 rings (SSSR count). The van der Waals surface area contributed by atoms with Crippen LogP contribution >= 0.6 is 15.9 Å². The summed E-state index contributed by atoms with van der Waals surface area (Å²) in [4.78, 5) is 5.36. The summed E-state index contributed by atoms with van der Waals surface area (Å²) in [6.07, 6.45) is 8.28. The van der Waals surface area contributed by atoms with Crippen LogP contribution in [0.15, 0.2) is 77.3 Å². The minimum atomic E-state index is 0.715. The van der Waals surface area contributed by atoms with Crippen molar-refractivity contribution < 1.29 is 0 Å². The van der Waals surface area contributed by atoms with Gasteiger partial charge in [0.05, 0.1) is 11.6 Å². The van der Waals surface area contributed by atoms with Crippen LogP contribution in [-0.2, 0) is 0 Å². The van der Waals surface area contributed by atoms with Gasteiger partial charge in [-0.05, 0) is 136 Å². The lowest BCUT2D eigenvalue weighted by atomic mass is 10.0. The molecule has 2 heterocycles. The predicted molar refractivity (Wildman–Crippen MR) is 173 cm³/mol. The summed E-state index contributed by atoms with van der Waals surface area (Å²) in [5.74, 6) is 3.35. The maximum atomic E-state index is 8.89. The summed E-state index contributed by atoms with van der Waals surface area (Å²) in [5.41, 5.74) is 6.15. The van der Waals surface area contributed by atoms with Gasteiger partial charge in [0.1, 0.15) is 0 Å².